The predicted molar refractivity (Wildman–Crippen MR) is 79.8 cm³/mol. The largest absolute Gasteiger partial charge is 0.492 e. The van der Waals surface area contributed by atoms with Crippen LogP contribution in [0.1, 0.15) is 25.3 Å². The van der Waals surface area contributed by atoms with Crippen LogP contribution >= 0.6 is 0 Å². The van der Waals surface area contributed by atoms with Crippen LogP contribution in [0.5, 0.6) is 5.75 Å². The fourth-order valence-corrected chi connectivity index (χ4v) is 2.62. The molecule has 4 heteroatoms. The quantitative estimate of drug-likeness (QED) is 0.825. The van der Waals surface area contributed by atoms with Gasteiger partial charge in [-0.3, -0.25) is 4.90 Å². The topological polar surface area (TPSA) is 48.3 Å². The molecule has 1 aromatic carbocycles. The van der Waals surface area contributed by atoms with Crippen LogP contribution in [-0.2, 0) is 0 Å². The number of hydrogen-bond acceptors (Lipinski definition) is 4. The van der Waals surface area contributed by atoms with Crippen molar-refractivity contribution in [3.8, 4) is 11.8 Å². The fraction of sp³-hybridized carbons (Fsp3) is 0.562. The summed E-state index contributed by atoms with van der Waals surface area (Å²) in [6.07, 6.45) is 2.41. The molecule has 1 unspecified atom stereocenters. The van der Waals surface area contributed by atoms with Crippen molar-refractivity contribution in [3.63, 3.8) is 0 Å². The minimum atomic E-state index is 0.652. The summed E-state index contributed by atoms with van der Waals surface area (Å²) in [5.74, 6) is 0.838. The van der Waals surface area contributed by atoms with Gasteiger partial charge in [0.2, 0.25) is 0 Å². The Kier molecular flexibility index (Phi) is 5.85. The van der Waals surface area contributed by atoms with Crippen molar-refractivity contribution in [2.75, 3.05) is 32.8 Å². The van der Waals surface area contributed by atoms with Crippen LogP contribution in [0.25, 0.3) is 0 Å². The van der Waals surface area contributed by atoms with Crippen molar-refractivity contribution in [2.24, 2.45) is 0 Å². The van der Waals surface area contributed by atoms with E-state index in [1.54, 1.807) is 12.1 Å². The third kappa shape index (κ3) is 4.22. The average Bonchev–Trinajstić information content (AvgIpc) is 3.01. The van der Waals surface area contributed by atoms with Crippen LogP contribution in [0.3, 0.4) is 0 Å². The SMILES string of the molecule is CCCN(CCOc1ccc(C#N)cc1)C1CCNC1. The smallest absolute Gasteiger partial charge is 0.119 e. The van der Waals surface area contributed by atoms with Crippen molar-refractivity contribution in [1.82, 2.24) is 10.2 Å². The zero-order valence-corrected chi connectivity index (χ0v) is 12.1. The van der Waals surface area contributed by atoms with Gasteiger partial charge < -0.3 is 10.1 Å². The van der Waals surface area contributed by atoms with Crippen LogP contribution in [-0.4, -0.2) is 43.7 Å². The first-order chi connectivity index (χ1) is 9.83. The van der Waals surface area contributed by atoms with E-state index in [9.17, 15) is 0 Å². The van der Waals surface area contributed by atoms with Gasteiger partial charge in [0.05, 0.1) is 11.6 Å². The van der Waals surface area contributed by atoms with Gasteiger partial charge >= 0.3 is 0 Å². The van der Waals surface area contributed by atoms with Crippen molar-refractivity contribution in [2.45, 2.75) is 25.8 Å². The summed E-state index contributed by atoms with van der Waals surface area (Å²) in [6, 6.07) is 10.1. The highest BCUT2D eigenvalue weighted by Gasteiger charge is 2.21. The number of nitrogens with one attached hydrogen (secondary N) is 1. The standard InChI is InChI=1S/C16H23N3O/c1-2-9-19(15-7-8-18-13-15)10-11-20-16-5-3-14(12-17)4-6-16/h3-6,15,18H,2,7-11,13H2,1H3. The highest BCUT2D eigenvalue weighted by molar-refractivity contribution is 5.34. The highest BCUT2D eigenvalue weighted by atomic mass is 16.5. The third-order valence-corrected chi connectivity index (χ3v) is 3.69. The molecule has 4 nitrogen and oxygen atoms in total. The summed E-state index contributed by atoms with van der Waals surface area (Å²) in [6.45, 7) is 7.22. The molecule has 1 heterocycles. The van der Waals surface area contributed by atoms with Gasteiger partial charge in [0.1, 0.15) is 12.4 Å². The molecule has 1 atom stereocenters. The first kappa shape index (κ1) is 14.8. The lowest BCUT2D eigenvalue weighted by Gasteiger charge is -2.27. The minimum absolute atomic E-state index is 0.652. The molecule has 0 spiro atoms. The van der Waals surface area contributed by atoms with E-state index >= 15 is 0 Å². The van der Waals surface area contributed by atoms with Crippen molar-refractivity contribution >= 4 is 0 Å². The number of benzene rings is 1. The van der Waals surface area contributed by atoms with Gasteiger partial charge in [-0.15, -0.1) is 0 Å². The molecule has 1 aromatic rings. The summed E-state index contributed by atoms with van der Waals surface area (Å²) < 4.78 is 5.77. The van der Waals surface area contributed by atoms with E-state index in [0.717, 1.165) is 31.9 Å². The van der Waals surface area contributed by atoms with E-state index in [4.69, 9.17) is 10.00 Å². The molecule has 0 amide bonds. The first-order valence-corrected chi connectivity index (χ1v) is 7.41. The Morgan fingerprint density at radius 3 is 2.75 bits per heavy atom. The molecule has 1 fully saturated rings. The number of rotatable bonds is 7. The van der Waals surface area contributed by atoms with Gasteiger partial charge in [0, 0.05) is 19.1 Å². The number of nitrogens with zero attached hydrogens (tertiary/aromatic N) is 2. The Balaban J connectivity index is 1.78. The fourth-order valence-electron chi connectivity index (χ4n) is 2.62. The first-order valence-electron chi connectivity index (χ1n) is 7.41. The molecule has 0 radical (unpaired) electrons. The lowest BCUT2D eigenvalue weighted by Crippen LogP contribution is -2.40. The molecular formula is C16H23N3O. The lowest BCUT2D eigenvalue weighted by molar-refractivity contribution is 0.167. The zero-order valence-electron chi connectivity index (χ0n) is 12.1. The van der Waals surface area contributed by atoms with Crippen LogP contribution in [0.4, 0.5) is 0 Å². The van der Waals surface area contributed by atoms with E-state index < -0.39 is 0 Å². The van der Waals surface area contributed by atoms with Gasteiger partial charge in [0.25, 0.3) is 0 Å². The van der Waals surface area contributed by atoms with Crippen molar-refractivity contribution in [3.05, 3.63) is 29.8 Å². The Morgan fingerprint density at radius 2 is 2.15 bits per heavy atom. The van der Waals surface area contributed by atoms with E-state index in [-0.39, 0.29) is 0 Å². The molecule has 1 saturated heterocycles. The molecule has 0 aliphatic carbocycles. The van der Waals surface area contributed by atoms with Crippen LogP contribution in [0.2, 0.25) is 0 Å². The number of ether oxygens (including phenoxy) is 1. The van der Waals surface area contributed by atoms with E-state index in [1.807, 2.05) is 12.1 Å². The lowest BCUT2D eigenvalue weighted by atomic mass is 10.2. The number of nitriles is 1. The average molecular weight is 273 g/mol. The molecule has 1 aliphatic rings. The predicted octanol–water partition coefficient (Wildman–Crippen LogP) is 2.01. The zero-order chi connectivity index (χ0) is 14.2. The summed E-state index contributed by atoms with van der Waals surface area (Å²) >= 11 is 0. The maximum Gasteiger partial charge on any atom is 0.119 e. The van der Waals surface area contributed by atoms with Gasteiger partial charge in [-0.1, -0.05) is 6.92 Å². The van der Waals surface area contributed by atoms with E-state index in [1.165, 1.54) is 12.8 Å². The summed E-state index contributed by atoms with van der Waals surface area (Å²) in [4.78, 5) is 2.52. The normalized spacial score (nSPS) is 18.1. The maximum absolute atomic E-state index is 8.75. The van der Waals surface area contributed by atoms with Crippen LogP contribution in [0.15, 0.2) is 24.3 Å². The summed E-state index contributed by atoms with van der Waals surface area (Å²) in [5.41, 5.74) is 0.669. The summed E-state index contributed by atoms with van der Waals surface area (Å²) in [7, 11) is 0. The Bertz CT molecular complexity index is 432. The molecule has 20 heavy (non-hydrogen) atoms. The van der Waals surface area contributed by atoms with Crippen LogP contribution < -0.4 is 10.1 Å². The summed E-state index contributed by atoms with van der Waals surface area (Å²) in [5, 5.41) is 12.2. The molecule has 2 rings (SSSR count). The molecular weight excluding hydrogens is 250 g/mol. The van der Waals surface area contributed by atoms with E-state index in [2.05, 4.69) is 23.2 Å². The number of hydrogen-bond donors (Lipinski definition) is 1. The minimum Gasteiger partial charge on any atom is -0.492 e. The van der Waals surface area contributed by atoms with Gasteiger partial charge in [-0.25, -0.2) is 0 Å². The molecule has 1 N–H and O–H groups in total. The Morgan fingerprint density at radius 1 is 1.35 bits per heavy atom. The highest BCUT2D eigenvalue weighted by Crippen LogP contribution is 2.13. The Labute approximate surface area is 121 Å². The molecule has 0 aromatic heterocycles. The van der Waals surface area contributed by atoms with Gasteiger partial charge in [0.15, 0.2) is 0 Å². The molecule has 1 aliphatic heterocycles. The second-order valence-corrected chi connectivity index (χ2v) is 5.17. The second-order valence-electron chi connectivity index (χ2n) is 5.17. The van der Waals surface area contributed by atoms with Crippen LogP contribution in [0, 0.1) is 11.3 Å². The van der Waals surface area contributed by atoms with Crippen molar-refractivity contribution < 1.29 is 4.74 Å². The third-order valence-electron chi connectivity index (χ3n) is 3.69. The molecule has 0 saturated carbocycles. The monoisotopic (exact) mass is 273 g/mol. The Hall–Kier alpha value is -1.57. The van der Waals surface area contributed by atoms with Gasteiger partial charge in [-0.2, -0.15) is 5.26 Å². The molecule has 108 valence electrons. The van der Waals surface area contributed by atoms with E-state index in [0.29, 0.717) is 18.2 Å². The second kappa shape index (κ2) is 7.88. The molecule has 0 bridgehead atoms. The van der Waals surface area contributed by atoms with Crippen molar-refractivity contribution in [1.29, 1.82) is 5.26 Å². The van der Waals surface area contributed by atoms with Gasteiger partial charge in [-0.05, 0) is 50.2 Å². The maximum atomic E-state index is 8.75.